The van der Waals surface area contributed by atoms with Gasteiger partial charge in [0.2, 0.25) is 5.91 Å². The molecule has 24 heavy (non-hydrogen) atoms. The van der Waals surface area contributed by atoms with Crippen LogP contribution in [0.5, 0.6) is 0 Å². The van der Waals surface area contributed by atoms with E-state index < -0.39 is 15.9 Å². The van der Waals surface area contributed by atoms with Crippen LogP contribution in [0.25, 0.3) is 0 Å². The Morgan fingerprint density at radius 1 is 1.33 bits per heavy atom. The zero-order chi connectivity index (χ0) is 17.7. The number of benzene rings is 1. The van der Waals surface area contributed by atoms with Gasteiger partial charge in [0.25, 0.3) is 10.0 Å². The molecule has 0 saturated heterocycles. The molecule has 8 heteroatoms. The predicted molar refractivity (Wildman–Crippen MR) is 91.5 cm³/mol. The monoisotopic (exact) mass is 407 g/mol. The van der Waals surface area contributed by atoms with E-state index >= 15 is 0 Å². The Kier molecular flexibility index (Phi) is 5.70. The first-order valence-electron chi connectivity index (χ1n) is 7.04. The second-order valence-electron chi connectivity index (χ2n) is 5.00. The third-order valence-corrected chi connectivity index (χ3v) is 5.01. The van der Waals surface area contributed by atoms with Crippen LogP contribution < -0.4 is 4.72 Å². The highest BCUT2D eigenvalue weighted by Crippen LogP contribution is 2.19. The van der Waals surface area contributed by atoms with Crippen molar-refractivity contribution >= 4 is 31.9 Å². The fourth-order valence-electron chi connectivity index (χ4n) is 1.96. The van der Waals surface area contributed by atoms with Crippen molar-refractivity contribution in [2.45, 2.75) is 24.7 Å². The number of rotatable bonds is 5. The number of nitrogens with one attached hydrogen (secondary N) is 1. The minimum absolute atomic E-state index is 0.150. The molecule has 1 N–H and O–H groups in total. The molecule has 1 aromatic carbocycles. The summed E-state index contributed by atoms with van der Waals surface area (Å²) in [6.07, 6.45) is 2.34. The first-order valence-corrected chi connectivity index (χ1v) is 9.32. The largest absolute Gasteiger partial charge is 0.274 e. The lowest BCUT2D eigenvalue weighted by Crippen LogP contribution is -2.32. The molecule has 0 aliphatic rings. The molecule has 1 heterocycles. The zero-order valence-electron chi connectivity index (χ0n) is 12.8. The van der Waals surface area contributed by atoms with Gasteiger partial charge >= 0.3 is 0 Å². The van der Waals surface area contributed by atoms with E-state index in [1.807, 2.05) is 23.8 Å². The Bertz CT molecular complexity index is 903. The fourth-order valence-corrected chi connectivity index (χ4v) is 3.66. The molecule has 1 aromatic heterocycles. The number of nitriles is 1. The molecule has 2 rings (SSSR count). The summed E-state index contributed by atoms with van der Waals surface area (Å²) in [4.78, 5) is 16.0. The van der Waals surface area contributed by atoms with Gasteiger partial charge in [-0.1, -0.05) is 28.9 Å². The normalized spacial score (nSPS) is 10.9. The van der Waals surface area contributed by atoms with E-state index in [9.17, 15) is 13.2 Å². The highest BCUT2D eigenvalue weighted by atomic mass is 79.9. The smallest absolute Gasteiger partial charge is 0.264 e. The molecular formula is C16H14BrN3O3S. The van der Waals surface area contributed by atoms with Gasteiger partial charge in [-0.05, 0) is 36.2 Å². The zero-order valence-corrected chi connectivity index (χ0v) is 15.2. The first kappa shape index (κ1) is 18.1. The lowest BCUT2D eigenvalue weighted by Gasteiger charge is -2.08. The second kappa shape index (κ2) is 7.55. The third-order valence-electron chi connectivity index (χ3n) is 3.19. The van der Waals surface area contributed by atoms with Gasteiger partial charge in [-0.15, -0.1) is 0 Å². The number of hydrogen-bond donors (Lipinski definition) is 1. The number of hydrogen-bond acceptors (Lipinski definition) is 5. The summed E-state index contributed by atoms with van der Waals surface area (Å²) >= 11 is 3.14. The van der Waals surface area contributed by atoms with Gasteiger partial charge < -0.3 is 0 Å². The highest BCUT2D eigenvalue weighted by molar-refractivity contribution is 9.10. The van der Waals surface area contributed by atoms with Crippen molar-refractivity contribution in [1.29, 1.82) is 5.26 Å². The van der Waals surface area contributed by atoms with Gasteiger partial charge in [-0.25, -0.2) is 13.1 Å². The molecule has 0 saturated carbocycles. The van der Waals surface area contributed by atoms with Gasteiger partial charge in [-0.2, -0.15) is 5.26 Å². The lowest BCUT2D eigenvalue weighted by atomic mass is 10.2. The summed E-state index contributed by atoms with van der Waals surface area (Å²) < 4.78 is 27.0. The van der Waals surface area contributed by atoms with Crippen LogP contribution in [0, 0.1) is 11.3 Å². The number of aromatic nitrogens is 1. The number of pyridine rings is 1. The quantitative estimate of drug-likeness (QED) is 0.819. The van der Waals surface area contributed by atoms with Gasteiger partial charge in [0.1, 0.15) is 0 Å². The standard InChI is InChI=1S/C16H14BrN3O3S/c1-2-11-3-4-14(19-10-11)8-16(21)20-24(22,23)15-6-12(9-18)5-13(17)7-15/h3-7,10H,2,8H2,1H3,(H,20,21). The van der Waals surface area contributed by atoms with E-state index in [1.54, 1.807) is 12.3 Å². The first-order chi connectivity index (χ1) is 11.3. The predicted octanol–water partition coefficient (Wildman–Crippen LogP) is 2.33. The summed E-state index contributed by atoms with van der Waals surface area (Å²) in [6, 6.07) is 9.42. The summed E-state index contributed by atoms with van der Waals surface area (Å²) in [5, 5.41) is 8.91. The second-order valence-corrected chi connectivity index (χ2v) is 7.60. The number of nitrogens with zero attached hydrogens (tertiary/aromatic N) is 2. The van der Waals surface area contributed by atoms with Crippen LogP contribution in [0.4, 0.5) is 0 Å². The molecule has 2 aromatic rings. The Morgan fingerprint density at radius 3 is 2.67 bits per heavy atom. The van der Waals surface area contributed by atoms with E-state index in [4.69, 9.17) is 5.26 Å². The lowest BCUT2D eigenvalue weighted by molar-refractivity contribution is -0.118. The fraction of sp³-hybridized carbons (Fsp3) is 0.188. The van der Waals surface area contributed by atoms with Crippen molar-refractivity contribution in [3.63, 3.8) is 0 Å². The molecule has 0 aliphatic carbocycles. The summed E-state index contributed by atoms with van der Waals surface area (Å²) in [5.41, 5.74) is 1.69. The average Bonchev–Trinajstić information content (AvgIpc) is 2.54. The van der Waals surface area contributed by atoms with Crippen molar-refractivity contribution in [2.24, 2.45) is 0 Å². The van der Waals surface area contributed by atoms with Gasteiger partial charge in [0.05, 0.1) is 22.9 Å². The molecule has 0 spiro atoms. The molecule has 6 nitrogen and oxygen atoms in total. The molecule has 0 fully saturated rings. The van der Waals surface area contributed by atoms with E-state index in [1.165, 1.54) is 18.2 Å². The van der Waals surface area contributed by atoms with E-state index in [-0.39, 0.29) is 16.9 Å². The van der Waals surface area contributed by atoms with E-state index in [0.29, 0.717) is 10.2 Å². The molecule has 0 aliphatic heterocycles. The Labute approximate surface area is 148 Å². The highest BCUT2D eigenvalue weighted by Gasteiger charge is 2.19. The number of halogens is 1. The number of sulfonamides is 1. The minimum Gasteiger partial charge on any atom is -0.274 e. The van der Waals surface area contributed by atoms with Crippen molar-refractivity contribution in [3.05, 3.63) is 57.8 Å². The number of carbonyl (C=O) groups excluding carboxylic acids is 1. The molecule has 0 unspecified atom stereocenters. The van der Waals surface area contributed by atoms with Gasteiger partial charge in [-0.3, -0.25) is 9.78 Å². The molecule has 1 amide bonds. The number of carbonyl (C=O) groups is 1. The molecule has 0 radical (unpaired) electrons. The molecule has 0 atom stereocenters. The van der Waals surface area contributed by atoms with E-state index in [2.05, 4.69) is 20.9 Å². The Balaban J connectivity index is 2.15. The topological polar surface area (TPSA) is 99.9 Å². The Hall–Kier alpha value is -2.24. The molecular weight excluding hydrogens is 394 g/mol. The maximum Gasteiger partial charge on any atom is 0.264 e. The minimum atomic E-state index is -4.06. The average molecular weight is 408 g/mol. The van der Waals surface area contributed by atoms with Crippen LogP contribution in [0.2, 0.25) is 0 Å². The molecule has 124 valence electrons. The Morgan fingerprint density at radius 2 is 2.08 bits per heavy atom. The van der Waals surface area contributed by atoms with Crippen molar-refractivity contribution in [2.75, 3.05) is 0 Å². The molecule has 0 bridgehead atoms. The SMILES string of the molecule is CCc1ccc(CC(=O)NS(=O)(=O)c2cc(Br)cc(C#N)c2)nc1. The number of aryl methyl sites for hydroxylation is 1. The van der Waals surface area contributed by atoms with Gasteiger partial charge in [0, 0.05) is 16.4 Å². The summed E-state index contributed by atoms with van der Waals surface area (Å²) in [5.74, 6) is -0.690. The van der Waals surface area contributed by atoms with Crippen LogP contribution in [0.3, 0.4) is 0 Å². The van der Waals surface area contributed by atoms with Crippen LogP contribution in [-0.4, -0.2) is 19.3 Å². The van der Waals surface area contributed by atoms with Crippen LogP contribution in [-0.2, 0) is 27.7 Å². The number of amides is 1. The third kappa shape index (κ3) is 4.63. The summed E-state index contributed by atoms with van der Waals surface area (Å²) in [7, 11) is -4.06. The maximum absolute atomic E-state index is 12.3. The maximum atomic E-state index is 12.3. The van der Waals surface area contributed by atoms with Gasteiger partial charge in [0.15, 0.2) is 0 Å². The van der Waals surface area contributed by atoms with Crippen molar-refractivity contribution in [1.82, 2.24) is 9.71 Å². The van der Waals surface area contributed by atoms with Crippen LogP contribution in [0.15, 0.2) is 45.9 Å². The van der Waals surface area contributed by atoms with Crippen LogP contribution in [0.1, 0.15) is 23.7 Å². The van der Waals surface area contributed by atoms with Crippen molar-refractivity contribution < 1.29 is 13.2 Å². The van der Waals surface area contributed by atoms with E-state index in [0.717, 1.165) is 12.0 Å². The van der Waals surface area contributed by atoms with Crippen LogP contribution >= 0.6 is 15.9 Å². The summed E-state index contributed by atoms with van der Waals surface area (Å²) in [6.45, 7) is 1.99. The van der Waals surface area contributed by atoms with Crippen molar-refractivity contribution in [3.8, 4) is 6.07 Å².